The third kappa shape index (κ3) is 3.87. The van der Waals surface area contributed by atoms with Gasteiger partial charge in [0, 0.05) is 17.3 Å². The lowest BCUT2D eigenvalue weighted by atomic mass is 10.2. The van der Waals surface area contributed by atoms with Gasteiger partial charge in [0.1, 0.15) is 0 Å². The number of nitrogens with zero attached hydrogens (tertiary/aromatic N) is 2. The molecule has 0 saturated carbocycles. The fourth-order valence-corrected chi connectivity index (χ4v) is 3.12. The number of benzene rings is 1. The number of halogens is 1. The van der Waals surface area contributed by atoms with Gasteiger partial charge in [0.25, 0.3) is 0 Å². The van der Waals surface area contributed by atoms with Crippen molar-refractivity contribution in [2.45, 2.75) is 17.0 Å². The largest absolute Gasteiger partial charge is 0.360 e. The van der Waals surface area contributed by atoms with Crippen molar-refractivity contribution in [1.82, 2.24) is 10.2 Å². The van der Waals surface area contributed by atoms with Crippen molar-refractivity contribution >= 4 is 39.8 Å². The van der Waals surface area contributed by atoms with Crippen LogP contribution in [0.2, 0.25) is 5.02 Å². The van der Waals surface area contributed by atoms with E-state index in [1.165, 1.54) is 5.56 Å². The average molecular weight is 286 g/mol. The van der Waals surface area contributed by atoms with Crippen LogP contribution in [-0.2, 0) is 5.75 Å². The molecule has 0 aliphatic carbocycles. The molecular formula is C11H12ClN3S2. The molecule has 6 heteroatoms. The maximum absolute atomic E-state index is 5.83. The molecule has 1 heterocycles. The Morgan fingerprint density at radius 1 is 1.29 bits per heavy atom. The first-order chi connectivity index (χ1) is 8.28. The van der Waals surface area contributed by atoms with Crippen LogP contribution in [0.1, 0.15) is 12.5 Å². The summed E-state index contributed by atoms with van der Waals surface area (Å²) >= 11 is 9.10. The van der Waals surface area contributed by atoms with Crippen LogP contribution in [0.25, 0.3) is 0 Å². The summed E-state index contributed by atoms with van der Waals surface area (Å²) in [6.07, 6.45) is 0. The minimum absolute atomic E-state index is 0.768. The van der Waals surface area contributed by atoms with E-state index in [-0.39, 0.29) is 0 Å². The van der Waals surface area contributed by atoms with E-state index in [2.05, 4.69) is 15.5 Å². The third-order valence-corrected chi connectivity index (χ3v) is 4.35. The van der Waals surface area contributed by atoms with E-state index in [4.69, 9.17) is 11.6 Å². The first-order valence-electron chi connectivity index (χ1n) is 5.22. The second-order valence-electron chi connectivity index (χ2n) is 3.32. The van der Waals surface area contributed by atoms with E-state index in [1.54, 1.807) is 23.1 Å². The fraction of sp³-hybridized carbons (Fsp3) is 0.273. The lowest BCUT2D eigenvalue weighted by Gasteiger charge is -1.98. The zero-order valence-electron chi connectivity index (χ0n) is 9.31. The molecule has 1 aromatic heterocycles. The number of thioether (sulfide) groups is 1. The molecular weight excluding hydrogens is 274 g/mol. The van der Waals surface area contributed by atoms with Gasteiger partial charge >= 0.3 is 0 Å². The molecule has 2 aromatic rings. The van der Waals surface area contributed by atoms with E-state index in [0.29, 0.717) is 0 Å². The summed E-state index contributed by atoms with van der Waals surface area (Å²) in [5.74, 6) is 0.887. The lowest BCUT2D eigenvalue weighted by Crippen LogP contribution is -1.94. The number of hydrogen-bond acceptors (Lipinski definition) is 5. The summed E-state index contributed by atoms with van der Waals surface area (Å²) < 4.78 is 0.982. The first-order valence-corrected chi connectivity index (χ1v) is 7.40. The normalized spacial score (nSPS) is 10.5. The van der Waals surface area contributed by atoms with Crippen LogP contribution in [0, 0.1) is 0 Å². The second-order valence-corrected chi connectivity index (χ2v) is 5.96. The van der Waals surface area contributed by atoms with Crippen LogP contribution in [0.3, 0.4) is 0 Å². The summed E-state index contributed by atoms with van der Waals surface area (Å²) in [4.78, 5) is 0. The Hall–Kier alpha value is -0.780. The minimum Gasteiger partial charge on any atom is -0.360 e. The minimum atomic E-state index is 0.768. The van der Waals surface area contributed by atoms with Crippen molar-refractivity contribution in [2.75, 3.05) is 11.9 Å². The van der Waals surface area contributed by atoms with E-state index in [0.717, 1.165) is 26.8 Å². The zero-order chi connectivity index (χ0) is 12.1. The van der Waals surface area contributed by atoms with Crippen molar-refractivity contribution in [2.24, 2.45) is 0 Å². The summed E-state index contributed by atoms with van der Waals surface area (Å²) in [5.41, 5.74) is 1.24. The molecule has 0 fully saturated rings. The van der Waals surface area contributed by atoms with Crippen LogP contribution >= 0.6 is 34.7 Å². The lowest BCUT2D eigenvalue weighted by molar-refractivity contribution is 1.00. The SMILES string of the molecule is CCNc1nnc(SCc2ccc(Cl)cc2)s1. The first kappa shape index (κ1) is 12.7. The van der Waals surface area contributed by atoms with Gasteiger partial charge in [-0.25, -0.2) is 0 Å². The van der Waals surface area contributed by atoms with Gasteiger partial charge in [0.15, 0.2) is 4.34 Å². The topological polar surface area (TPSA) is 37.8 Å². The predicted molar refractivity (Wildman–Crippen MR) is 75.1 cm³/mol. The van der Waals surface area contributed by atoms with Gasteiger partial charge in [-0.05, 0) is 24.6 Å². The van der Waals surface area contributed by atoms with Gasteiger partial charge < -0.3 is 5.32 Å². The van der Waals surface area contributed by atoms with Crippen molar-refractivity contribution in [3.05, 3.63) is 34.9 Å². The van der Waals surface area contributed by atoms with Gasteiger partial charge in [-0.3, -0.25) is 0 Å². The van der Waals surface area contributed by atoms with Crippen LogP contribution in [0.5, 0.6) is 0 Å². The Kier molecular flexibility index (Phi) is 4.65. The van der Waals surface area contributed by atoms with Gasteiger partial charge in [-0.2, -0.15) is 0 Å². The monoisotopic (exact) mass is 285 g/mol. The number of nitrogens with one attached hydrogen (secondary N) is 1. The Labute approximate surface area is 114 Å². The third-order valence-electron chi connectivity index (χ3n) is 2.01. The Balaban J connectivity index is 1.90. The molecule has 0 atom stereocenters. The van der Waals surface area contributed by atoms with E-state index >= 15 is 0 Å². The number of rotatable bonds is 5. The van der Waals surface area contributed by atoms with Crippen LogP contribution in [0.15, 0.2) is 28.6 Å². The molecule has 2 rings (SSSR count). The summed E-state index contributed by atoms with van der Waals surface area (Å²) in [6, 6.07) is 7.87. The number of anilines is 1. The van der Waals surface area contributed by atoms with Crippen LogP contribution < -0.4 is 5.32 Å². The maximum Gasteiger partial charge on any atom is 0.206 e. The Morgan fingerprint density at radius 3 is 2.76 bits per heavy atom. The number of hydrogen-bond donors (Lipinski definition) is 1. The Bertz CT molecular complexity index is 470. The molecule has 0 radical (unpaired) electrons. The molecule has 3 nitrogen and oxygen atoms in total. The molecule has 0 spiro atoms. The molecule has 0 aliphatic rings. The molecule has 90 valence electrons. The molecule has 1 aromatic carbocycles. The quantitative estimate of drug-likeness (QED) is 0.845. The second kappa shape index (κ2) is 6.23. The van der Waals surface area contributed by atoms with Crippen molar-refractivity contribution < 1.29 is 0 Å². The molecule has 0 unspecified atom stereocenters. The molecule has 0 aliphatic heterocycles. The number of aromatic nitrogens is 2. The smallest absolute Gasteiger partial charge is 0.206 e. The van der Waals surface area contributed by atoms with Gasteiger partial charge in [0.2, 0.25) is 5.13 Å². The molecule has 0 bridgehead atoms. The van der Waals surface area contributed by atoms with Crippen molar-refractivity contribution in [1.29, 1.82) is 0 Å². The van der Waals surface area contributed by atoms with E-state index in [1.807, 2.05) is 31.2 Å². The highest BCUT2D eigenvalue weighted by Gasteiger charge is 2.04. The van der Waals surface area contributed by atoms with E-state index in [9.17, 15) is 0 Å². The highest BCUT2D eigenvalue weighted by Crippen LogP contribution is 2.28. The Morgan fingerprint density at radius 2 is 2.06 bits per heavy atom. The van der Waals surface area contributed by atoms with Crippen molar-refractivity contribution in [3.63, 3.8) is 0 Å². The summed E-state index contributed by atoms with van der Waals surface area (Å²) in [6.45, 7) is 2.92. The summed E-state index contributed by atoms with van der Waals surface area (Å²) in [7, 11) is 0. The average Bonchev–Trinajstić information content (AvgIpc) is 2.77. The standard InChI is InChI=1S/C11H12ClN3S2/c1-2-13-10-14-15-11(17-10)16-7-8-3-5-9(12)6-4-8/h3-6H,2,7H2,1H3,(H,13,14). The zero-order valence-corrected chi connectivity index (χ0v) is 11.7. The molecule has 0 saturated heterocycles. The predicted octanol–water partition coefficient (Wildman–Crippen LogP) is 3.92. The van der Waals surface area contributed by atoms with Gasteiger partial charge in [-0.1, -0.05) is 46.8 Å². The van der Waals surface area contributed by atoms with E-state index < -0.39 is 0 Å². The molecule has 17 heavy (non-hydrogen) atoms. The van der Waals surface area contributed by atoms with Crippen LogP contribution in [0.4, 0.5) is 5.13 Å². The molecule has 1 N–H and O–H groups in total. The summed E-state index contributed by atoms with van der Waals surface area (Å²) in [5, 5.41) is 13.0. The highest BCUT2D eigenvalue weighted by molar-refractivity contribution is 8.00. The van der Waals surface area contributed by atoms with Crippen LogP contribution in [-0.4, -0.2) is 16.7 Å². The van der Waals surface area contributed by atoms with Gasteiger partial charge in [-0.15, -0.1) is 10.2 Å². The highest BCUT2D eigenvalue weighted by atomic mass is 35.5. The molecule has 0 amide bonds. The van der Waals surface area contributed by atoms with Crippen molar-refractivity contribution in [3.8, 4) is 0 Å². The maximum atomic E-state index is 5.83. The fourth-order valence-electron chi connectivity index (χ4n) is 1.22. The van der Waals surface area contributed by atoms with Gasteiger partial charge in [0.05, 0.1) is 0 Å².